The molecule has 1 atom stereocenters. The van der Waals surface area contributed by atoms with Crippen LogP contribution in [0.3, 0.4) is 0 Å². The summed E-state index contributed by atoms with van der Waals surface area (Å²) in [5.74, 6) is -0.756. The second kappa shape index (κ2) is 4.71. The van der Waals surface area contributed by atoms with Crippen molar-refractivity contribution in [2.24, 2.45) is 0 Å². The van der Waals surface area contributed by atoms with Gasteiger partial charge >= 0.3 is 5.97 Å². The molecule has 0 amide bonds. The van der Waals surface area contributed by atoms with Gasteiger partial charge in [0, 0.05) is 26.0 Å². The van der Waals surface area contributed by atoms with Crippen LogP contribution in [-0.2, 0) is 4.79 Å². The molecule has 76 valence electrons. The molecule has 1 heterocycles. The summed E-state index contributed by atoms with van der Waals surface area (Å²) in [6, 6.07) is 0. The van der Waals surface area contributed by atoms with E-state index in [0.29, 0.717) is 0 Å². The standard InChI is InChI=1S/C8H14N2O2.H2O/c1-3-10-5-4-9(2)7(10)6-8(11)12;/h4-5,7H,3,6H2,1-2H3,(H,11,12);1H2. The summed E-state index contributed by atoms with van der Waals surface area (Å²) in [7, 11) is 1.89. The van der Waals surface area contributed by atoms with E-state index >= 15 is 0 Å². The van der Waals surface area contributed by atoms with Crippen molar-refractivity contribution in [3.8, 4) is 0 Å². The van der Waals surface area contributed by atoms with Crippen LogP contribution < -0.4 is 0 Å². The molecule has 0 aromatic rings. The molecule has 5 heteroatoms. The number of rotatable bonds is 3. The van der Waals surface area contributed by atoms with Crippen LogP contribution in [0.2, 0.25) is 0 Å². The second-order valence-electron chi connectivity index (χ2n) is 2.87. The van der Waals surface area contributed by atoms with E-state index in [0.717, 1.165) is 6.54 Å². The Bertz CT molecular complexity index is 206. The van der Waals surface area contributed by atoms with Crippen molar-refractivity contribution in [3.05, 3.63) is 12.4 Å². The third-order valence-corrected chi connectivity index (χ3v) is 2.07. The first-order valence-corrected chi connectivity index (χ1v) is 4.03. The van der Waals surface area contributed by atoms with Crippen molar-refractivity contribution < 1.29 is 15.4 Å². The molecule has 1 aliphatic heterocycles. The maximum Gasteiger partial charge on any atom is 0.307 e. The summed E-state index contributed by atoms with van der Waals surface area (Å²) in [6.45, 7) is 2.86. The molecule has 0 aliphatic carbocycles. The maximum absolute atomic E-state index is 10.5. The number of carboxylic acids is 1. The molecule has 13 heavy (non-hydrogen) atoms. The van der Waals surface area contributed by atoms with Gasteiger partial charge in [-0.15, -0.1) is 0 Å². The molecule has 1 aliphatic rings. The van der Waals surface area contributed by atoms with Crippen LogP contribution in [0.5, 0.6) is 0 Å². The number of hydrogen-bond donors (Lipinski definition) is 1. The van der Waals surface area contributed by atoms with Gasteiger partial charge in [-0.1, -0.05) is 0 Å². The largest absolute Gasteiger partial charge is 0.481 e. The monoisotopic (exact) mass is 188 g/mol. The first kappa shape index (κ1) is 11.8. The quantitative estimate of drug-likeness (QED) is 0.659. The van der Waals surface area contributed by atoms with E-state index in [1.54, 1.807) is 0 Å². The van der Waals surface area contributed by atoms with Crippen LogP contribution in [0.25, 0.3) is 0 Å². The molecule has 1 rings (SSSR count). The molecule has 0 saturated heterocycles. The van der Waals surface area contributed by atoms with Crippen LogP contribution in [0.15, 0.2) is 12.4 Å². The molecular formula is C8H16N2O3. The van der Waals surface area contributed by atoms with Gasteiger partial charge in [-0.25, -0.2) is 0 Å². The van der Waals surface area contributed by atoms with E-state index < -0.39 is 5.97 Å². The Morgan fingerprint density at radius 1 is 1.54 bits per heavy atom. The summed E-state index contributed by atoms with van der Waals surface area (Å²) in [5.41, 5.74) is 0. The fourth-order valence-electron chi connectivity index (χ4n) is 1.36. The first-order valence-electron chi connectivity index (χ1n) is 4.03. The average molecular weight is 188 g/mol. The summed E-state index contributed by atoms with van der Waals surface area (Å²) in [6.07, 6.45) is 3.98. The fourth-order valence-corrected chi connectivity index (χ4v) is 1.36. The highest BCUT2D eigenvalue weighted by Crippen LogP contribution is 2.15. The van der Waals surface area contributed by atoms with Crippen molar-refractivity contribution in [1.82, 2.24) is 9.80 Å². The van der Waals surface area contributed by atoms with Gasteiger partial charge in [-0.3, -0.25) is 4.79 Å². The Hall–Kier alpha value is -1.23. The second-order valence-corrected chi connectivity index (χ2v) is 2.87. The SMILES string of the molecule is CCN1C=CN(C)C1CC(=O)O.O. The third-order valence-electron chi connectivity index (χ3n) is 2.07. The van der Waals surface area contributed by atoms with Gasteiger partial charge < -0.3 is 20.4 Å². The van der Waals surface area contributed by atoms with Crippen molar-refractivity contribution in [3.63, 3.8) is 0 Å². The van der Waals surface area contributed by atoms with Crippen LogP contribution >= 0.6 is 0 Å². The minimum Gasteiger partial charge on any atom is -0.481 e. The lowest BCUT2D eigenvalue weighted by Gasteiger charge is -2.27. The Balaban J connectivity index is 0.00000144. The molecular weight excluding hydrogens is 172 g/mol. The van der Waals surface area contributed by atoms with Crippen LogP contribution in [0, 0.1) is 0 Å². The lowest BCUT2D eigenvalue weighted by Crippen LogP contribution is -2.38. The Morgan fingerprint density at radius 2 is 2.15 bits per heavy atom. The fraction of sp³-hybridized carbons (Fsp3) is 0.625. The molecule has 0 saturated carbocycles. The molecule has 1 unspecified atom stereocenters. The van der Waals surface area contributed by atoms with Crippen LogP contribution in [-0.4, -0.2) is 46.1 Å². The molecule has 0 radical (unpaired) electrons. The maximum atomic E-state index is 10.5. The zero-order valence-electron chi connectivity index (χ0n) is 7.90. The number of aliphatic carboxylic acids is 1. The molecule has 0 fully saturated rings. The molecule has 3 N–H and O–H groups in total. The van der Waals surface area contributed by atoms with Crippen molar-refractivity contribution in [2.45, 2.75) is 19.5 Å². The highest BCUT2D eigenvalue weighted by Gasteiger charge is 2.24. The van der Waals surface area contributed by atoms with E-state index in [4.69, 9.17) is 5.11 Å². The minimum absolute atomic E-state index is 0. The molecule has 5 nitrogen and oxygen atoms in total. The highest BCUT2D eigenvalue weighted by molar-refractivity contribution is 5.67. The number of nitrogens with zero attached hydrogens (tertiary/aromatic N) is 2. The van der Waals surface area contributed by atoms with Gasteiger partial charge in [-0.05, 0) is 6.92 Å². The predicted octanol–water partition coefficient (Wildman–Crippen LogP) is -0.299. The Morgan fingerprint density at radius 3 is 2.62 bits per heavy atom. The van der Waals surface area contributed by atoms with Crippen LogP contribution in [0.4, 0.5) is 0 Å². The normalized spacial score (nSPS) is 20.3. The molecule has 0 aromatic carbocycles. The van der Waals surface area contributed by atoms with E-state index in [-0.39, 0.29) is 18.1 Å². The third kappa shape index (κ3) is 2.62. The predicted molar refractivity (Wildman–Crippen MR) is 48.9 cm³/mol. The average Bonchev–Trinajstić information content (AvgIpc) is 2.32. The molecule has 0 aromatic heterocycles. The Kier molecular flexibility index (Phi) is 4.27. The zero-order valence-corrected chi connectivity index (χ0v) is 7.90. The first-order chi connectivity index (χ1) is 5.65. The van der Waals surface area contributed by atoms with E-state index in [1.807, 2.05) is 36.2 Å². The van der Waals surface area contributed by atoms with Gasteiger partial charge in [0.1, 0.15) is 6.17 Å². The van der Waals surface area contributed by atoms with Gasteiger partial charge in [0.2, 0.25) is 0 Å². The minimum atomic E-state index is -0.756. The Labute approximate surface area is 77.6 Å². The van der Waals surface area contributed by atoms with Crippen molar-refractivity contribution in [2.75, 3.05) is 13.6 Å². The smallest absolute Gasteiger partial charge is 0.307 e. The lowest BCUT2D eigenvalue weighted by molar-refractivity contribution is -0.139. The highest BCUT2D eigenvalue weighted by atomic mass is 16.4. The zero-order chi connectivity index (χ0) is 9.14. The summed E-state index contributed by atoms with van der Waals surface area (Å²) in [4.78, 5) is 14.4. The lowest BCUT2D eigenvalue weighted by atomic mass is 10.3. The van der Waals surface area contributed by atoms with E-state index in [2.05, 4.69) is 0 Å². The topological polar surface area (TPSA) is 75.3 Å². The molecule has 0 spiro atoms. The summed E-state index contributed by atoms with van der Waals surface area (Å²) >= 11 is 0. The van der Waals surface area contributed by atoms with E-state index in [1.165, 1.54) is 0 Å². The molecule has 0 bridgehead atoms. The van der Waals surface area contributed by atoms with Gasteiger partial charge in [0.05, 0.1) is 6.42 Å². The van der Waals surface area contributed by atoms with E-state index in [9.17, 15) is 4.79 Å². The summed E-state index contributed by atoms with van der Waals surface area (Å²) in [5, 5.41) is 8.62. The van der Waals surface area contributed by atoms with Gasteiger partial charge in [-0.2, -0.15) is 0 Å². The number of hydrogen-bond acceptors (Lipinski definition) is 3. The summed E-state index contributed by atoms with van der Waals surface area (Å²) < 4.78 is 0. The van der Waals surface area contributed by atoms with Gasteiger partial charge in [0.25, 0.3) is 0 Å². The van der Waals surface area contributed by atoms with Crippen molar-refractivity contribution >= 4 is 5.97 Å². The number of carboxylic acid groups (broad SMARTS) is 1. The van der Waals surface area contributed by atoms with Gasteiger partial charge in [0.15, 0.2) is 0 Å². The van der Waals surface area contributed by atoms with Crippen LogP contribution in [0.1, 0.15) is 13.3 Å². The van der Waals surface area contributed by atoms with Crippen molar-refractivity contribution in [1.29, 1.82) is 0 Å². The number of carbonyl (C=O) groups is 1.